The van der Waals surface area contributed by atoms with E-state index in [2.05, 4.69) is 37.2 Å². The average Bonchev–Trinajstić information content (AvgIpc) is 3.55. The van der Waals surface area contributed by atoms with Crippen LogP contribution in [0.2, 0.25) is 5.02 Å². The number of ether oxygens (including phenoxy) is 1. The molecule has 220 valence electrons. The van der Waals surface area contributed by atoms with Gasteiger partial charge in [0.25, 0.3) is 5.56 Å². The molecule has 2 unspecified atom stereocenters. The van der Waals surface area contributed by atoms with Gasteiger partial charge in [-0.15, -0.1) is 0 Å². The van der Waals surface area contributed by atoms with Crippen LogP contribution in [-0.2, 0) is 52.4 Å². The topological polar surface area (TPSA) is 178 Å². The van der Waals surface area contributed by atoms with E-state index in [1.807, 2.05) is 0 Å². The van der Waals surface area contributed by atoms with Crippen molar-refractivity contribution in [1.82, 2.24) is 34.1 Å². The SMILES string of the molecule is Cc1nc2c(ncn2[C@@H]2O[C@@H]3COP(O)(=S)OCCn4c(nc5cc(Cl)cnc54)COP(=O)(S)O[C@@H]2[C@@H]3C)c(=O)[nH]1. The molecule has 2 bridgehead atoms. The summed E-state index contributed by atoms with van der Waals surface area (Å²) >= 11 is 15.6. The number of pyridine rings is 1. The zero-order valence-corrected chi connectivity index (χ0v) is 25.7. The molecule has 2 N–H and O–H groups in total. The first-order valence-electron chi connectivity index (χ1n) is 12.3. The fraction of sp³-hybridized carbons (Fsp3) is 0.476. The highest BCUT2D eigenvalue weighted by molar-refractivity contribution is 8.44. The fourth-order valence-electron chi connectivity index (χ4n) is 4.79. The standard InChI is InChI=1S/C21H24ClN7O8P2S2/c1-10-14-7-34-38(31,40)33-4-3-28-15(27-13-5-12(22)6-23-18(13)28)8-35-39(32,41)37-17(10)21(36-14)29-9-24-16-19(29)25-11(2)26-20(16)30/h5-6,9-10,14,17,21H,3-4,7-8H2,1-2H3,(H,31,40)(H,32,41)(H,25,26,30)/t10-,14-,17-,21-,38?,39?/m1/s1. The molecular weight excluding hydrogens is 640 g/mol. The summed E-state index contributed by atoms with van der Waals surface area (Å²) in [6.07, 6.45) is 0.238. The highest BCUT2D eigenvalue weighted by Crippen LogP contribution is 2.58. The van der Waals surface area contributed by atoms with Crippen molar-refractivity contribution in [3.63, 3.8) is 0 Å². The van der Waals surface area contributed by atoms with Gasteiger partial charge in [-0.3, -0.25) is 18.4 Å². The van der Waals surface area contributed by atoms with Crippen molar-refractivity contribution in [2.45, 2.75) is 45.4 Å². The second kappa shape index (κ2) is 11.1. The Morgan fingerprint density at radius 1 is 1.24 bits per heavy atom. The summed E-state index contributed by atoms with van der Waals surface area (Å²) in [6, 6.07) is 1.62. The lowest BCUT2D eigenvalue weighted by Crippen LogP contribution is -2.28. The van der Waals surface area contributed by atoms with Crippen molar-refractivity contribution in [2.24, 2.45) is 5.92 Å². The Bertz CT molecular complexity index is 1800. The van der Waals surface area contributed by atoms with Crippen LogP contribution in [0.1, 0.15) is 24.8 Å². The molecule has 6 atom stereocenters. The average molecular weight is 664 g/mol. The number of fused-ring (bicyclic) bond motifs is 6. The van der Waals surface area contributed by atoms with E-state index in [4.69, 9.17) is 46.2 Å². The van der Waals surface area contributed by atoms with Crippen molar-refractivity contribution >= 4 is 71.5 Å². The zero-order chi connectivity index (χ0) is 29.1. The van der Waals surface area contributed by atoms with Gasteiger partial charge in [-0.25, -0.2) is 24.5 Å². The predicted molar refractivity (Wildman–Crippen MR) is 153 cm³/mol. The molecule has 0 saturated carbocycles. The summed E-state index contributed by atoms with van der Waals surface area (Å²) in [7, 11) is 0. The minimum absolute atomic E-state index is 0.0432. The Morgan fingerprint density at radius 3 is 2.85 bits per heavy atom. The Hall–Kier alpha value is -1.75. The van der Waals surface area contributed by atoms with Gasteiger partial charge in [-0.1, -0.05) is 30.8 Å². The van der Waals surface area contributed by atoms with Crippen LogP contribution in [0.3, 0.4) is 0 Å². The third-order valence-electron chi connectivity index (χ3n) is 6.74. The van der Waals surface area contributed by atoms with Crippen molar-refractivity contribution < 1.29 is 32.3 Å². The number of halogens is 1. The summed E-state index contributed by atoms with van der Waals surface area (Å²) in [5.74, 6) is 0.214. The van der Waals surface area contributed by atoms with E-state index in [1.165, 1.54) is 17.1 Å². The number of hydrogen-bond donors (Lipinski definition) is 3. The van der Waals surface area contributed by atoms with Gasteiger partial charge >= 0.3 is 13.5 Å². The molecule has 2 aliphatic rings. The molecule has 0 aliphatic carbocycles. The molecule has 1 fully saturated rings. The molecule has 41 heavy (non-hydrogen) atoms. The first kappa shape index (κ1) is 29.3. The summed E-state index contributed by atoms with van der Waals surface area (Å²) in [5, 5.41) is 0.380. The molecule has 1 saturated heterocycles. The van der Waals surface area contributed by atoms with E-state index >= 15 is 0 Å². The van der Waals surface area contributed by atoms with Gasteiger partial charge in [0.05, 0.1) is 30.7 Å². The largest absolute Gasteiger partial charge is 0.386 e. The van der Waals surface area contributed by atoms with Crippen LogP contribution < -0.4 is 5.56 Å². The van der Waals surface area contributed by atoms with Crippen molar-refractivity contribution in [3.8, 4) is 0 Å². The Balaban J connectivity index is 1.38. The summed E-state index contributed by atoms with van der Waals surface area (Å²) in [5.41, 5.74) is 0.832. The van der Waals surface area contributed by atoms with Crippen LogP contribution in [0.4, 0.5) is 0 Å². The third kappa shape index (κ3) is 5.91. The normalized spacial score (nSPS) is 31.6. The molecule has 0 aromatic carbocycles. The molecule has 15 nitrogen and oxygen atoms in total. The number of aryl methyl sites for hydroxylation is 1. The number of nitrogens with zero attached hydrogens (tertiary/aromatic N) is 6. The zero-order valence-electron chi connectivity index (χ0n) is 21.5. The van der Waals surface area contributed by atoms with Crippen LogP contribution in [0.15, 0.2) is 23.4 Å². The first-order chi connectivity index (χ1) is 19.4. The maximum absolute atomic E-state index is 13.6. The summed E-state index contributed by atoms with van der Waals surface area (Å²) < 4.78 is 45.9. The van der Waals surface area contributed by atoms with Crippen molar-refractivity contribution in [2.75, 3.05) is 13.2 Å². The van der Waals surface area contributed by atoms with Gasteiger partial charge < -0.3 is 28.2 Å². The maximum atomic E-state index is 13.6. The van der Waals surface area contributed by atoms with Gasteiger partial charge in [0, 0.05) is 18.7 Å². The van der Waals surface area contributed by atoms with Gasteiger partial charge in [-0.05, 0) is 24.8 Å². The number of H-pyrrole nitrogens is 1. The van der Waals surface area contributed by atoms with Crippen LogP contribution in [0.5, 0.6) is 0 Å². The molecule has 0 amide bonds. The van der Waals surface area contributed by atoms with Crippen LogP contribution in [0, 0.1) is 12.8 Å². The number of hydrogen-bond acceptors (Lipinski definition) is 12. The molecule has 4 aromatic rings. The number of imidazole rings is 2. The van der Waals surface area contributed by atoms with Crippen LogP contribution in [-0.4, -0.2) is 64.4 Å². The van der Waals surface area contributed by atoms with E-state index in [0.29, 0.717) is 27.8 Å². The minimum Gasteiger partial charge on any atom is -0.349 e. The molecule has 6 heterocycles. The number of nitrogens with one attached hydrogen (secondary N) is 1. The summed E-state index contributed by atoms with van der Waals surface area (Å²) in [4.78, 5) is 43.2. The second-order valence-corrected chi connectivity index (χ2v) is 15.6. The molecule has 2 aliphatic heterocycles. The Labute approximate surface area is 247 Å². The molecular formula is C21H24ClN7O8P2S2. The first-order valence-corrected chi connectivity index (χ1v) is 17.9. The molecule has 0 spiro atoms. The highest BCUT2D eigenvalue weighted by Gasteiger charge is 2.48. The lowest BCUT2D eigenvalue weighted by Gasteiger charge is -2.25. The number of rotatable bonds is 1. The van der Waals surface area contributed by atoms with Crippen LogP contribution >= 0.6 is 37.4 Å². The third-order valence-corrected chi connectivity index (χ3v) is 10.2. The van der Waals surface area contributed by atoms with Gasteiger partial charge in [0.15, 0.2) is 23.0 Å². The van der Waals surface area contributed by atoms with Gasteiger partial charge in [0.1, 0.15) is 29.9 Å². The van der Waals surface area contributed by atoms with Crippen molar-refractivity contribution in [3.05, 3.63) is 45.6 Å². The Kier molecular flexibility index (Phi) is 7.92. The monoisotopic (exact) mass is 663 g/mol. The van der Waals surface area contributed by atoms with Gasteiger partial charge in [0.2, 0.25) is 0 Å². The van der Waals surface area contributed by atoms with E-state index in [9.17, 15) is 14.3 Å². The minimum atomic E-state index is -4.05. The molecule has 0 radical (unpaired) electrons. The summed E-state index contributed by atoms with van der Waals surface area (Å²) in [6.45, 7) is -4.63. The van der Waals surface area contributed by atoms with Gasteiger partial charge in [-0.2, -0.15) is 0 Å². The molecule has 4 aromatic heterocycles. The van der Waals surface area contributed by atoms with E-state index in [0.717, 1.165) is 0 Å². The second-order valence-electron chi connectivity index (χ2n) is 9.49. The lowest BCUT2D eigenvalue weighted by atomic mass is 10.0. The number of aromatic nitrogens is 7. The molecule has 6 rings (SSSR count). The Morgan fingerprint density at radius 2 is 2.05 bits per heavy atom. The quantitative estimate of drug-likeness (QED) is 0.200. The maximum Gasteiger partial charge on any atom is 0.386 e. The lowest BCUT2D eigenvalue weighted by molar-refractivity contribution is -0.0447. The number of aromatic amines is 1. The predicted octanol–water partition coefficient (Wildman–Crippen LogP) is 3.26. The van der Waals surface area contributed by atoms with Crippen molar-refractivity contribution in [1.29, 1.82) is 0 Å². The van der Waals surface area contributed by atoms with E-state index in [-0.39, 0.29) is 37.5 Å². The fourth-order valence-corrected chi connectivity index (χ4v) is 7.51. The van der Waals surface area contributed by atoms with E-state index in [1.54, 1.807) is 24.5 Å². The van der Waals surface area contributed by atoms with Crippen LogP contribution in [0.25, 0.3) is 22.3 Å². The number of thiol groups is 1. The highest BCUT2D eigenvalue weighted by atomic mass is 35.5. The smallest absolute Gasteiger partial charge is 0.349 e. The van der Waals surface area contributed by atoms with E-state index < -0.39 is 43.4 Å². The molecule has 20 heteroatoms.